The highest BCUT2D eigenvalue weighted by Gasteiger charge is 2.21. The van der Waals surface area contributed by atoms with Crippen LogP contribution in [0, 0.1) is 0 Å². The van der Waals surface area contributed by atoms with Crippen LogP contribution in [0.25, 0.3) is 0 Å². The van der Waals surface area contributed by atoms with Gasteiger partial charge in [-0.3, -0.25) is 0 Å². The lowest BCUT2D eigenvalue weighted by Gasteiger charge is -2.22. The first-order valence-corrected chi connectivity index (χ1v) is 6.29. The standard InChI is InChI=1S/C14H22N2/c1-3-14(12-7-5-4-6-8-12)15-13-9-10-16(2)11-13/h4-8,13-15H,3,9-11H2,1-2H3. The van der Waals surface area contributed by atoms with Gasteiger partial charge in [-0.15, -0.1) is 0 Å². The smallest absolute Gasteiger partial charge is 0.0320 e. The molecular weight excluding hydrogens is 196 g/mol. The largest absolute Gasteiger partial charge is 0.306 e. The van der Waals surface area contributed by atoms with Crippen molar-refractivity contribution in [2.45, 2.75) is 31.8 Å². The Morgan fingerprint density at radius 3 is 2.69 bits per heavy atom. The predicted octanol–water partition coefficient (Wildman–Crippen LogP) is 2.43. The molecule has 0 aliphatic carbocycles. The van der Waals surface area contributed by atoms with Gasteiger partial charge in [0.05, 0.1) is 0 Å². The second kappa shape index (κ2) is 5.46. The number of nitrogens with one attached hydrogen (secondary N) is 1. The van der Waals surface area contributed by atoms with Crippen molar-refractivity contribution in [1.29, 1.82) is 0 Å². The Morgan fingerprint density at radius 1 is 1.38 bits per heavy atom. The van der Waals surface area contributed by atoms with Crippen LogP contribution in [0.1, 0.15) is 31.4 Å². The molecule has 0 aromatic heterocycles. The highest BCUT2D eigenvalue weighted by Crippen LogP contribution is 2.19. The van der Waals surface area contributed by atoms with Gasteiger partial charge in [0.1, 0.15) is 0 Å². The van der Waals surface area contributed by atoms with E-state index in [9.17, 15) is 0 Å². The molecular formula is C14H22N2. The van der Waals surface area contributed by atoms with Crippen molar-refractivity contribution in [1.82, 2.24) is 10.2 Å². The molecule has 2 unspecified atom stereocenters. The fraction of sp³-hybridized carbons (Fsp3) is 0.571. The molecule has 2 heteroatoms. The molecule has 1 N–H and O–H groups in total. The van der Waals surface area contributed by atoms with E-state index in [1.165, 1.54) is 25.1 Å². The van der Waals surface area contributed by atoms with Crippen LogP contribution in [0.4, 0.5) is 0 Å². The molecule has 0 saturated carbocycles. The Morgan fingerprint density at radius 2 is 2.12 bits per heavy atom. The zero-order valence-corrected chi connectivity index (χ0v) is 10.3. The van der Waals surface area contributed by atoms with Gasteiger partial charge in [-0.2, -0.15) is 0 Å². The second-order valence-electron chi connectivity index (χ2n) is 4.79. The summed E-state index contributed by atoms with van der Waals surface area (Å²) in [6, 6.07) is 12.0. The van der Waals surface area contributed by atoms with Crippen LogP contribution in [-0.2, 0) is 0 Å². The van der Waals surface area contributed by atoms with Crippen molar-refractivity contribution in [3.05, 3.63) is 35.9 Å². The van der Waals surface area contributed by atoms with Gasteiger partial charge in [-0.25, -0.2) is 0 Å². The van der Waals surface area contributed by atoms with Gasteiger partial charge in [0, 0.05) is 18.6 Å². The van der Waals surface area contributed by atoms with E-state index >= 15 is 0 Å². The number of likely N-dealkylation sites (tertiary alicyclic amines) is 1. The number of likely N-dealkylation sites (N-methyl/N-ethyl adjacent to an activating group) is 1. The van der Waals surface area contributed by atoms with Crippen LogP contribution in [-0.4, -0.2) is 31.1 Å². The molecule has 2 atom stereocenters. The number of rotatable bonds is 4. The molecule has 1 fully saturated rings. The first kappa shape index (κ1) is 11.6. The monoisotopic (exact) mass is 218 g/mol. The topological polar surface area (TPSA) is 15.3 Å². The lowest BCUT2D eigenvalue weighted by Crippen LogP contribution is -2.34. The third-order valence-corrected chi connectivity index (χ3v) is 3.44. The van der Waals surface area contributed by atoms with E-state index in [0.29, 0.717) is 12.1 Å². The molecule has 0 bridgehead atoms. The minimum atomic E-state index is 0.512. The first-order valence-electron chi connectivity index (χ1n) is 6.29. The lowest BCUT2D eigenvalue weighted by molar-refractivity contribution is 0.379. The van der Waals surface area contributed by atoms with E-state index in [2.05, 4.69) is 54.5 Å². The Kier molecular flexibility index (Phi) is 3.97. The molecule has 1 aliphatic heterocycles. The van der Waals surface area contributed by atoms with E-state index in [1.807, 2.05) is 0 Å². The number of hydrogen-bond donors (Lipinski definition) is 1. The van der Waals surface area contributed by atoms with Crippen LogP contribution in [0.3, 0.4) is 0 Å². The van der Waals surface area contributed by atoms with Gasteiger partial charge in [0.2, 0.25) is 0 Å². The van der Waals surface area contributed by atoms with E-state index in [4.69, 9.17) is 0 Å². The van der Waals surface area contributed by atoms with Crippen molar-refractivity contribution in [3.8, 4) is 0 Å². The number of benzene rings is 1. The Balaban J connectivity index is 1.96. The molecule has 1 saturated heterocycles. The van der Waals surface area contributed by atoms with Crippen molar-refractivity contribution in [2.75, 3.05) is 20.1 Å². The summed E-state index contributed by atoms with van der Waals surface area (Å²) >= 11 is 0. The molecule has 2 nitrogen and oxygen atoms in total. The minimum Gasteiger partial charge on any atom is -0.306 e. The van der Waals surface area contributed by atoms with Gasteiger partial charge in [-0.05, 0) is 32.0 Å². The van der Waals surface area contributed by atoms with Gasteiger partial charge >= 0.3 is 0 Å². The zero-order chi connectivity index (χ0) is 11.4. The van der Waals surface area contributed by atoms with Gasteiger partial charge in [0.15, 0.2) is 0 Å². The second-order valence-corrected chi connectivity index (χ2v) is 4.79. The van der Waals surface area contributed by atoms with E-state index in [1.54, 1.807) is 0 Å². The molecule has 16 heavy (non-hydrogen) atoms. The summed E-state index contributed by atoms with van der Waals surface area (Å²) in [5.41, 5.74) is 1.42. The third kappa shape index (κ3) is 2.83. The molecule has 2 rings (SSSR count). The molecule has 1 heterocycles. The summed E-state index contributed by atoms with van der Waals surface area (Å²) in [7, 11) is 2.20. The van der Waals surface area contributed by atoms with E-state index in [0.717, 1.165) is 6.42 Å². The molecule has 0 amide bonds. The maximum atomic E-state index is 3.77. The Bertz CT molecular complexity index is 310. The van der Waals surface area contributed by atoms with Crippen LogP contribution in [0.2, 0.25) is 0 Å². The van der Waals surface area contributed by atoms with Crippen molar-refractivity contribution >= 4 is 0 Å². The fourth-order valence-corrected chi connectivity index (χ4v) is 2.49. The Hall–Kier alpha value is -0.860. The van der Waals surface area contributed by atoms with Gasteiger partial charge < -0.3 is 10.2 Å². The quantitative estimate of drug-likeness (QED) is 0.835. The summed E-state index contributed by atoms with van der Waals surface area (Å²) in [6.07, 6.45) is 2.43. The van der Waals surface area contributed by atoms with Crippen LogP contribution in [0.5, 0.6) is 0 Å². The average molecular weight is 218 g/mol. The summed E-state index contributed by atoms with van der Waals surface area (Å²) < 4.78 is 0. The molecule has 88 valence electrons. The maximum absolute atomic E-state index is 3.77. The van der Waals surface area contributed by atoms with E-state index < -0.39 is 0 Å². The number of nitrogens with zero attached hydrogens (tertiary/aromatic N) is 1. The molecule has 1 aliphatic rings. The first-order chi connectivity index (χ1) is 7.79. The lowest BCUT2D eigenvalue weighted by atomic mass is 10.0. The average Bonchev–Trinajstić information content (AvgIpc) is 2.73. The maximum Gasteiger partial charge on any atom is 0.0320 e. The van der Waals surface area contributed by atoms with Crippen molar-refractivity contribution < 1.29 is 0 Å². The SMILES string of the molecule is CCC(NC1CCN(C)C1)c1ccccc1. The van der Waals surface area contributed by atoms with Crippen LogP contribution in [0.15, 0.2) is 30.3 Å². The molecule has 0 radical (unpaired) electrons. The van der Waals surface area contributed by atoms with Crippen molar-refractivity contribution in [2.24, 2.45) is 0 Å². The van der Waals surface area contributed by atoms with Crippen molar-refractivity contribution in [3.63, 3.8) is 0 Å². The molecule has 1 aromatic rings. The number of hydrogen-bond acceptors (Lipinski definition) is 2. The molecule has 1 aromatic carbocycles. The Labute approximate surface area is 98.7 Å². The third-order valence-electron chi connectivity index (χ3n) is 3.44. The summed E-state index contributed by atoms with van der Waals surface area (Å²) in [5, 5.41) is 3.77. The van der Waals surface area contributed by atoms with Crippen LogP contribution >= 0.6 is 0 Å². The van der Waals surface area contributed by atoms with Crippen LogP contribution < -0.4 is 5.32 Å². The molecule has 0 spiro atoms. The van der Waals surface area contributed by atoms with Gasteiger partial charge in [-0.1, -0.05) is 37.3 Å². The minimum absolute atomic E-state index is 0.512. The highest BCUT2D eigenvalue weighted by atomic mass is 15.2. The fourth-order valence-electron chi connectivity index (χ4n) is 2.49. The zero-order valence-electron chi connectivity index (χ0n) is 10.3. The van der Waals surface area contributed by atoms with Gasteiger partial charge in [0.25, 0.3) is 0 Å². The normalized spacial score (nSPS) is 23.5. The predicted molar refractivity (Wildman–Crippen MR) is 68.5 cm³/mol. The summed E-state index contributed by atoms with van der Waals surface area (Å²) in [4.78, 5) is 2.40. The summed E-state index contributed by atoms with van der Waals surface area (Å²) in [5.74, 6) is 0. The highest BCUT2D eigenvalue weighted by molar-refractivity contribution is 5.19. The summed E-state index contributed by atoms with van der Waals surface area (Å²) in [6.45, 7) is 4.66. The van der Waals surface area contributed by atoms with E-state index in [-0.39, 0.29) is 0 Å².